The molecule has 62 valence electrons. The number of hydrogen-bond acceptors (Lipinski definition) is 1. The Morgan fingerprint density at radius 2 is 2.17 bits per heavy atom. The molecule has 2 nitrogen and oxygen atoms in total. The average Bonchev–Trinajstić information content (AvgIpc) is 2.28. The SMILES string of the molecule is Cc1ccc2c(c1)c(F)nn2C. The molecule has 2 rings (SSSR count). The third kappa shape index (κ3) is 0.897. The van der Waals surface area contributed by atoms with E-state index in [0.29, 0.717) is 5.39 Å². The van der Waals surface area contributed by atoms with Gasteiger partial charge in [0.25, 0.3) is 0 Å². The van der Waals surface area contributed by atoms with Gasteiger partial charge in [-0.2, -0.15) is 4.39 Å². The standard InChI is InChI=1S/C9H9FN2/c1-6-3-4-8-7(5-6)9(10)11-12(8)2/h3-5H,1-2H3. The molecule has 0 N–H and O–H groups in total. The van der Waals surface area contributed by atoms with E-state index in [0.717, 1.165) is 11.1 Å². The number of halogens is 1. The van der Waals surface area contributed by atoms with Gasteiger partial charge in [-0.3, -0.25) is 4.68 Å². The van der Waals surface area contributed by atoms with Crippen LogP contribution >= 0.6 is 0 Å². The molecule has 1 aromatic heterocycles. The van der Waals surface area contributed by atoms with Gasteiger partial charge in [-0.25, -0.2) is 0 Å². The normalized spacial score (nSPS) is 10.9. The maximum atomic E-state index is 13.1. The first-order chi connectivity index (χ1) is 5.68. The highest BCUT2D eigenvalue weighted by atomic mass is 19.1. The first-order valence-corrected chi connectivity index (χ1v) is 3.77. The van der Waals surface area contributed by atoms with E-state index in [1.54, 1.807) is 17.8 Å². The molecule has 0 saturated heterocycles. The van der Waals surface area contributed by atoms with E-state index in [1.807, 2.05) is 19.1 Å². The van der Waals surface area contributed by atoms with Crippen LogP contribution in [-0.2, 0) is 7.05 Å². The van der Waals surface area contributed by atoms with Crippen molar-refractivity contribution in [1.82, 2.24) is 9.78 Å². The van der Waals surface area contributed by atoms with Crippen molar-refractivity contribution in [3.05, 3.63) is 29.7 Å². The van der Waals surface area contributed by atoms with Crippen LogP contribution in [0.5, 0.6) is 0 Å². The molecule has 0 aliphatic heterocycles. The highest BCUT2D eigenvalue weighted by molar-refractivity contribution is 5.79. The Labute approximate surface area is 69.6 Å². The molecule has 0 unspecified atom stereocenters. The highest BCUT2D eigenvalue weighted by Crippen LogP contribution is 2.17. The summed E-state index contributed by atoms with van der Waals surface area (Å²) in [4.78, 5) is 0. The Morgan fingerprint density at radius 1 is 1.42 bits per heavy atom. The highest BCUT2D eigenvalue weighted by Gasteiger charge is 2.06. The number of aryl methyl sites for hydroxylation is 2. The zero-order chi connectivity index (χ0) is 8.72. The van der Waals surface area contributed by atoms with Crippen molar-refractivity contribution in [3.63, 3.8) is 0 Å². The molecule has 0 spiro atoms. The summed E-state index contributed by atoms with van der Waals surface area (Å²) in [6.45, 7) is 1.94. The van der Waals surface area contributed by atoms with Crippen LogP contribution < -0.4 is 0 Å². The van der Waals surface area contributed by atoms with Crippen LogP contribution in [0.25, 0.3) is 10.9 Å². The lowest BCUT2D eigenvalue weighted by molar-refractivity contribution is 0.562. The quantitative estimate of drug-likeness (QED) is 0.582. The van der Waals surface area contributed by atoms with E-state index < -0.39 is 5.95 Å². The largest absolute Gasteiger partial charge is 0.265 e. The number of nitrogens with zero attached hydrogens (tertiary/aromatic N) is 2. The van der Waals surface area contributed by atoms with Gasteiger partial charge < -0.3 is 0 Å². The molecule has 1 aromatic carbocycles. The number of hydrogen-bond donors (Lipinski definition) is 0. The van der Waals surface area contributed by atoms with Gasteiger partial charge in [0.05, 0.1) is 10.9 Å². The summed E-state index contributed by atoms with van der Waals surface area (Å²) in [5.74, 6) is -0.392. The second-order valence-electron chi connectivity index (χ2n) is 2.94. The van der Waals surface area contributed by atoms with Gasteiger partial charge in [-0.1, -0.05) is 11.6 Å². The first-order valence-electron chi connectivity index (χ1n) is 3.77. The summed E-state index contributed by atoms with van der Waals surface area (Å²) >= 11 is 0. The van der Waals surface area contributed by atoms with Crippen LogP contribution in [0, 0.1) is 12.9 Å². The van der Waals surface area contributed by atoms with Crippen molar-refractivity contribution in [2.24, 2.45) is 7.05 Å². The van der Waals surface area contributed by atoms with Gasteiger partial charge in [-0.15, -0.1) is 5.10 Å². The number of rotatable bonds is 0. The minimum atomic E-state index is -0.392. The number of fused-ring (bicyclic) bond motifs is 1. The van der Waals surface area contributed by atoms with Crippen LogP contribution in [0.4, 0.5) is 4.39 Å². The maximum Gasteiger partial charge on any atom is 0.240 e. The molecule has 0 atom stereocenters. The topological polar surface area (TPSA) is 17.8 Å². The summed E-state index contributed by atoms with van der Waals surface area (Å²) in [5.41, 5.74) is 1.88. The molecule has 2 aromatic rings. The monoisotopic (exact) mass is 164 g/mol. The lowest BCUT2D eigenvalue weighted by Crippen LogP contribution is -1.89. The van der Waals surface area contributed by atoms with Crippen molar-refractivity contribution < 1.29 is 4.39 Å². The fourth-order valence-corrected chi connectivity index (χ4v) is 1.34. The molecular weight excluding hydrogens is 155 g/mol. The number of benzene rings is 1. The van der Waals surface area contributed by atoms with Crippen LogP contribution in [0.15, 0.2) is 18.2 Å². The van der Waals surface area contributed by atoms with Crippen molar-refractivity contribution in [1.29, 1.82) is 0 Å². The van der Waals surface area contributed by atoms with Crippen LogP contribution in [0.1, 0.15) is 5.56 Å². The summed E-state index contributed by atoms with van der Waals surface area (Å²) in [6.07, 6.45) is 0. The van der Waals surface area contributed by atoms with Gasteiger partial charge in [-0.05, 0) is 19.1 Å². The Bertz CT molecular complexity index is 431. The smallest absolute Gasteiger partial charge is 0.240 e. The van der Waals surface area contributed by atoms with E-state index in [1.165, 1.54) is 0 Å². The van der Waals surface area contributed by atoms with Crippen LogP contribution in [0.3, 0.4) is 0 Å². The van der Waals surface area contributed by atoms with Crippen molar-refractivity contribution in [2.75, 3.05) is 0 Å². The van der Waals surface area contributed by atoms with Crippen molar-refractivity contribution in [2.45, 2.75) is 6.92 Å². The van der Waals surface area contributed by atoms with E-state index in [4.69, 9.17) is 0 Å². The first kappa shape index (κ1) is 7.28. The van der Waals surface area contributed by atoms with Crippen molar-refractivity contribution >= 4 is 10.9 Å². The lowest BCUT2D eigenvalue weighted by atomic mass is 10.2. The van der Waals surface area contributed by atoms with Gasteiger partial charge in [0.1, 0.15) is 0 Å². The predicted molar refractivity (Wildman–Crippen MR) is 45.4 cm³/mol. The summed E-state index contributed by atoms with van der Waals surface area (Å²) in [7, 11) is 1.74. The summed E-state index contributed by atoms with van der Waals surface area (Å²) in [6, 6.07) is 5.63. The predicted octanol–water partition coefficient (Wildman–Crippen LogP) is 2.02. The minimum absolute atomic E-state index is 0.392. The Hall–Kier alpha value is -1.38. The van der Waals surface area contributed by atoms with E-state index in [9.17, 15) is 4.39 Å². The molecule has 3 heteroatoms. The van der Waals surface area contributed by atoms with Crippen LogP contribution in [0.2, 0.25) is 0 Å². The zero-order valence-electron chi connectivity index (χ0n) is 7.00. The van der Waals surface area contributed by atoms with Gasteiger partial charge in [0.15, 0.2) is 0 Å². The molecule has 12 heavy (non-hydrogen) atoms. The summed E-state index contributed by atoms with van der Waals surface area (Å²) < 4.78 is 14.6. The third-order valence-corrected chi connectivity index (χ3v) is 1.96. The molecule has 0 aliphatic rings. The van der Waals surface area contributed by atoms with Gasteiger partial charge in [0.2, 0.25) is 5.95 Å². The van der Waals surface area contributed by atoms with E-state index >= 15 is 0 Å². The second-order valence-corrected chi connectivity index (χ2v) is 2.94. The third-order valence-electron chi connectivity index (χ3n) is 1.96. The Balaban J connectivity index is 2.90. The fourth-order valence-electron chi connectivity index (χ4n) is 1.34. The summed E-state index contributed by atoms with van der Waals surface area (Å²) in [5, 5.41) is 4.28. The number of aromatic nitrogens is 2. The lowest BCUT2D eigenvalue weighted by Gasteiger charge is -1.93. The molecule has 0 radical (unpaired) electrons. The molecule has 0 saturated carbocycles. The molecule has 1 heterocycles. The van der Waals surface area contributed by atoms with Crippen molar-refractivity contribution in [3.8, 4) is 0 Å². The van der Waals surface area contributed by atoms with Crippen LogP contribution in [-0.4, -0.2) is 9.78 Å². The maximum absolute atomic E-state index is 13.1. The van der Waals surface area contributed by atoms with Gasteiger partial charge in [0, 0.05) is 7.05 Å². The zero-order valence-corrected chi connectivity index (χ0v) is 7.00. The van der Waals surface area contributed by atoms with Gasteiger partial charge >= 0.3 is 0 Å². The Morgan fingerprint density at radius 3 is 2.92 bits per heavy atom. The molecule has 0 amide bonds. The molecule has 0 fully saturated rings. The average molecular weight is 164 g/mol. The second kappa shape index (κ2) is 2.30. The molecule has 0 bridgehead atoms. The Kier molecular flexibility index (Phi) is 1.40. The molecule has 0 aliphatic carbocycles. The minimum Gasteiger partial charge on any atom is -0.265 e. The molecular formula is C9H9FN2. The van der Waals surface area contributed by atoms with E-state index in [-0.39, 0.29) is 0 Å². The fraction of sp³-hybridized carbons (Fsp3) is 0.222. The van der Waals surface area contributed by atoms with E-state index in [2.05, 4.69) is 5.10 Å².